The number of carbonyl (C=O) groups is 2. The molecule has 0 aliphatic rings. The van der Waals surface area contributed by atoms with E-state index in [9.17, 15) is 14.7 Å². The summed E-state index contributed by atoms with van der Waals surface area (Å²) in [6.45, 7) is 15.3. The minimum atomic E-state index is -1.27. The maximum atomic E-state index is 12.1. The Bertz CT molecular complexity index is 1490. The predicted octanol–water partition coefficient (Wildman–Crippen LogP) is 22.0. The first-order valence-electron chi connectivity index (χ1n) is 31.9. The van der Waals surface area contributed by atoms with Crippen molar-refractivity contribution < 1.29 is 61.3 Å². The van der Waals surface area contributed by atoms with Crippen LogP contribution in [0.4, 0.5) is 0 Å². The summed E-state index contributed by atoms with van der Waals surface area (Å²) in [5.41, 5.74) is 0.824. The molecule has 0 fully saturated rings. The summed E-state index contributed by atoms with van der Waals surface area (Å²) in [7, 11) is 0.241. The quantitative estimate of drug-likeness (QED) is 0.0303. The monoisotopic (exact) mass is 1130 g/mol. The molecule has 2 rings (SSSR count). The van der Waals surface area contributed by atoms with Crippen molar-refractivity contribution in [1.82, 2.24) is 0 Å². The molecule has 8 nitrogen and oxygen atoms in total. The normalized spacial score (nSPS) is 10.7. The van der Waals surface area contributed by atoms with Crippen molar-refractivity contribution in [2.24, 2.45) is 0 Å². The summed E-state index contributed by atoms with van der Waals surface area (Å²) >= 11 is 0. The van der Waals surface area contributed by atoms with E-state index in [0.717, 1.165) is 19.4 Å². The van der Waals surface area contributed by atoms with E-state index in [2.05, 4.69) is 40.4 Å². The van der Waals surface area contributed by atoms with Gasteiger partial charge in [-0.2, -0.15) is 0 Å². The largest absolute Gasteiger partial charge is 4.00 e. The number of rotatable bonds is 50. The molecule has 446 valence electrons. The van der Waals surface area contributed by atoms with E-state index in [0.29, 0.717) is 24.3 Å². The Morgan fingerprint density at radius 3 is 1.05 bits per heavy atom. The molecule has 1 N–H and O–H groups in total. The number of phenols is 1. The van der Waals surface area contributed by atoms with Crippen LogP contribution in [0.2, 0.25) is 19.6 Å². The Morgan fingerprint density at radius 1 is 0.429 bits per heavy atom. The van der Waals surface area contributed by atoms with Crippen LogP contribution >= 0.6 is 0 Å². The van der Waals surface area contributed by atoms with Gasteiger partial charge in [0.1, 0.15) is 11.5 Å². The van der Waals surface area contributed by atoms with Crippen molar-refractivity contribution in [1.29, 1.82) is 0 Å². The van der Waals surface area contributed by atoms with Crippen LogP contribution in [0.1, 0.15) is 319 Å². The van der Waals surface area contributed by atoms with Gasteiger partial charge < -0.3 is 30.0 Å². The molecule has 10 heteroatoms. The number of ketones is 1. The van der Waals surface area contributed by atoms with Crippen LogP contribution in [0.3, 0.4) is 0 Å². The molecule has 0 saturated heterocycles. The van der Waals surface area contributed by atoms with Crippen LogP contribution in [-0.4, -0.2) is 45.5 Å². The summed E-state index contributed by atoms with van der Waals surface area (Å²) in [5.74, 6) is 0.272. The average Bonchev–Trinajstić information content (AvgIpc) is 3.39. The van der Waals surface area contributed by atoms with Crippen molar-refractivity contribution in [3.8, 4) is 11.5 Å². The zero-order valence-corrected chi connectivity index (χ0v) is 54.0. The van der Waals surface area contributed by atoms with Gasteiger partial charge in [0.2, 0.25) is 0 Å². The first-order chi connectivity index (χ1) is 36.1. The summed E-state index contributed by atoms with van der Waals surface area (Å²) < 4.78 is 16.3. The number of ether oxygens (including phenoxy) is 2. The molecule has 0 atom stereocenters. The summed E-state index contributed by atoms with van der Waals surface area (Å²) in [6.07, 6.45) is 60.1. The Labute approximate surface area is 493 Å². The number of methoxy groups -OCH3 is 1. The van der Waals surface area contributed by atoms with Crippen LogP contribution in [0.5, 0.6) is 11.5 Å². The second-order valence-corrected chi connectivity index (χ2v) is 27.2. The second kappa shape index (κ2) is 63.2. The number of phenolic OH excluding ortho intramolecular Hbond substituents is 1. The molecule has 0 bridgehead atoms. The molecule has 0 aromatic heterocycles. The van der Waals surface area contributed by atoms with Gasteiger partial charge in [-0.25, -0.2) is 0 Å². The average molecular weight is 1130 g/mol. The molecule has 0 heterocycles. The van der Waals surface area contributed by atoms with Crippen LogP contribution in [0.25, 0.3) is 0 Å². The fourth-order valence-corrected chi connectivity index (χ4v) is 10.2. The SMILES string of the molecule is CCCCCCCCCCCCCCCCCCO[Si](C)(C)C.CCCCCCCCCCCCCCCCOC(=O)CCCCCCCCCCCCCCC.COc1ccc(C(=O)c2ccccc2)c(O)c1.[O-2].[O-2].[Ti+4]. The Hall–Kier alpha value is -2.01. The molecule has 0 amide bonds. The minimum Gasteiger partial charge on any atom is -2.00 e. The van der Waals surface area contributed by atoms with Crippen molar-refractivity contribution in [3.63, 3.8) is 0 Å². The van der Waals surface area contributed by atoms with Gasteiger partial charge in [-0.05, 0) is 51.0 Å². The Morgan fingerprint density at radius 2 is 0.740 bits per heavy atom. The number of aromatic hydroxyl groups is 1. The molecule has 0 aliphatic heterocycles. The summed E-state index contributed by atoms with van der Waals surface area (Å²) in [6, 6.07) is 13.5. The standard InChI is InChI=1S/C32H64O2.C21H46OSi.C14H12O3.2O.Ti/c1-3-5-7-9-11-13-15-17-19-21-23-25-27-29-31-34-32(33)30-28-26-24-22-20-18-16-14-12-10-8-6-4-2;1-5-6-7-8-9-10-11-12-13-14-15-16-17-18-19-20-21-22-23(2,3)4;1-17-11-7-8-12(13(15)9-11)14(16)10-5-3-2-4-6-10;;;/h3-31H2,1-2H3;5-21H2,1-4H3;2-9,15H,1H3;;;/q;;;2*-2;+4. The topological polar surface area (TPSA) is 139 Å². The van der Waals surface area contributed by atoms with E-state index in [1.165, 1.54) is 276 Å². The maximum absolute atomic E-state index is 12.1. The third kappa shape index (κ3) is 58.5. The summed E-state index contributed by atoms with van der Waals surface area (Å²) in [4.78, 5) is 23.9. The van der Waals surface area contributed by atoms with Crippen molar-refractivity contribution in [2.45, 2.75) is 323 Å². The zero-order chi connectivity index (χ0) is 54.3. The van der Waals surface area contributed by atoms with Gasteiger partial charge in [-0.3, -0.25) is 9.59 Å². The molecule has 2 aromatic rings. The number of hydrogen-bond donors (Lipinski definition) is 1. The van der Waals surface area contributed by atoms with E-state index >= 15 is 0 Å². The fourth-order valence-electron chi connectivity index (χ4n) is 9.45. The van der Waals surface area contributed by atoms with Crippen LogP contribution < -0.4 is 4.74 Å². The van der Waals surface area contributed by atoms with Gasteiger partial charge >= 0.3 is 27.7 Å². The molecule has 0 radical (unpaired) electrons. The number of unbranched alkanes of at least 4 members (excludes halogenated alkanes) is 40. The van der Waals surface area contributed by atoms with Gasteiger partial charge in [0.05, 0.1) is 19.3 Å². The van der Waals surface area contributed by atoms with Crippen LogP contribution in [0, 0.1) is 0 Å². The van der Waals surface area contributed by atoms with E-state index in [-0.39, 0.29) is 55.7 Å². The molecule has 77 heavy (non-hydrogen) atoms. The molecule has 2 aromatic carbocycles. The third-order valence-electron chi connectivity index (χ3n) is 14.3. The van der Waals surface area contributed by atoms with E-state index < -0.39 is 8.32 Å². The van der Waals surface area contributed by atoms with Gasteiger partial charge in [-0.15, -0.1) is 0 Å². The van der Waals surface area contributed by atoms with Crippen LogP contribution in [-0.2, 0) is 46.6 Å². The molecular formula is C67H122O8SiTi. The molecule has 0 spiro atoms. The molecule has 0 aliphatic carbocycles. The van der Waals surface area contributed by atoms with Crippen molar-refractivity contribution >= 4 is 20.1 Å². The maximum Gasteiger partial charge on any atom is 4.00 e. The fraction of sp³-hybridized carbons (Fsp3) is 0.791. The zero-order valence-electron chi connectivity index (χ0n) is 51.5. The van der Waals surface area contributed by atoms with Gasteiger partial charge in [0.15, 0.2) is 14.1 Å². The van der Waals surface area contributed by atoms with Gasteiger partial charge in [0.25, 0.3) is 0 Å². The third-order valence-corrected chi connectivity index (χ3v) is 15.3. The number of benzene rings is 2. The molecule has 0 saturated carbocycles. The minimum absolute atomic E-state index is 0. The summed E-state index contributed by atoms with van der Waals surface area (Å²) in [5, 5.41) is 9.75. The van der Waals surface area contributed by atoms with Gasteiger partial charge in [0, 0.05) is 24.7 Å². The number of esters is 1. The smallest absolute Gasteiger partial charge is 2.00 e. The van der Waals surface area contributed by atoms with Gasteiger partial charge in [-0.1, -0.05) is 308 Å². The second-order valence-electron chi connectivity index (χ2n) is 22.7. The van der Waals surface area contributed by atoms with Crippen molar-refractivity contribution in [2.75, 3.05) is 20.3 Å². The Balaban J connectivity index is -0.000000538. The molecular weight excluding hydrogens is 1010 g/mol. The van der Waals surface area contributed by atoms with E-state index in [1.54, 1.807) is 36.4 Å². The first kappa shape index (κ1) is 81.5. The number of hydrogen-bond acceptors (Lipinski definition) is 6. The van der Waals surface area contributed by atoms with E-state index in [1.807, 2.05) is 6.07 Å². The van der Waals surface area contributed by atoms with E-state index in [4.69, 9.17) is 13.9 Å². The number of carbonyl (C=O) groups excluding carboxylic acids is 2. The van der Waals surface area contributed by atoms with Crippen molar-refractivity contribution in [3.05, 3.63) is 59.7 Å². The first-order valence-corrected chi connectivity index (χ1v) is 35.3. The predicted molar refractivity (Wildman–Crippen MR) is 326 cm³/mol. The Kier molecular flexibility index (Phi) is 66.8. The van der Waals surface area contributed by atoms with Crippen LogP contribution in [0.15, 0.2) is 48.5 Å². The molecule has 0 unspecified atom stereocenters.